The molecule has 5 heteroatoms. The molecule has 1 aromatic carbocycles. The Morgan fingerprint density at radius 1 is 1.35 bits per heavy atom. The van der Waals surface area contributed by atoms with Crippen LogP contribution >= 0.6 is 0 Å². The maximum atomic E-state index is 6.03. The highest BCUT2D eigenvalue weighted by molar-refractivity contribution is 5.30. The molecule has 0 bridgehead atoms. The third kappa shape index (κ3) is 3.81. The Morgan fingerprint density at radius 3 is 2.85 bits per heavy atom. The van der Waals surface area contributed by atoms with E-state index < -0.39 is 0 Å². The van der Waals surface area contributed by atoms with Gasteiger partial charge in [-0.2, -0.15) is 4.98 Å². The lowest BCUT2D eigenvalue weighted by Crippen LogP contribution is -2.13. The minimum Gasteiger partial charge on any atom is -0.497 e. The van der Waals surface area contributed by atoms with Gasteiger partial charge < -0.3 is 15.0 Å². The number of ether oxygens (including phenoxy) is 1. The van der Waals surface area contributed by atoms with Crippen molar-refractivity contribution >= 4 is 0 Å². The van der Waals surface area contributed by atoms with Crippen LogP contribution in [0.15, 0.2) is 28.8 Å². The van der Waals surface area contributed by atoms with Gasteiger partial charge in [0.15, 0.2) is 5.82 Å². The first-order valence-corrected chi connectivity index (χ1v) is 6.79. The van der Waals surface area contributed by atoms with Crippen LogP contribution in [0.25, 0.3) is 0 Å². The molecule has 1 aromatic heterocycles. The molecule has 0 saturated carbocycles. The number of nitrogens with zero attached hydrogens (tertiary/aromatic N) is 2. The smallest absolute Gasteiger partial charge is 0.243 e. The average molecular weight is 275 g/mol. The first-order valence-electron chi connectivity index (χ1n) is 6.79. The standard InChI is InChI=1S/C15H21N3O2/c1-10(2)7-13(16)15-17-14(18-20-15)9-11-5-4-6-12(8-11)19-3/h4-6,8,10,13H,7,9,16H2,1-3H3. The van der Waals surface area contributed by atoms with Crippen molar-refractivity contribution in [1.29, 1.82) is 0 Å². The Hall–Kier alpha value is -1.88. The van der Waals surface area contributed by atoms with Gasteiger partial charge >= 0.3 is 0 Å². The van der Waals surface area contributed by atoms with Gasteiger partial charge in [-0.15, -0.1) is 0 Å². The number of rotatable bonds is 6. The Balaban J connectivity index is 2.05. The third-order valence-corrected chi connectivity index (χ3v) is 3.02. The highest BCUT2D eigenvalue weighted by Crippen LogP contribution is 2.19. The van der Waals surface area contributed by atoms with E-state index in [2.05, 4.69) is 24.0 Å². The van der Waals surface area contributed by atoms with Crippen LogP contribution in [0.2, 0.25) is 0 Å². The molecule has 0 aliphatic carbocycles. The molecule has 2 aromatic rings. The predicted octanol–water partition coefficient (Wildman–Crippen LogP) is 2.71. The van der Waals surface area contributed by atoms with Crippen molar-refractivity contribution < 1.29 is 9.26 Å². The molecule has 20 heavy (non-hydrogen) atoms. The summed E-state index contributed by atoms with van der Waals surface area (Å²) in [6.07, 6.45) is 1.44. The van der Waals surface area contributed by atoms with E-state index in [1.807, 2.05) is 24.3 Å². The predicted molar refractivity (Wildman–Crippen MR) is 76.5 cm³/mol. The average Bonchev–Trinajstić information content (AvgIpc) is 2.87. The molecule has 0 radical (unpaired) electrons. The van der Waals surface area contributed by atoms with E-state index >= 15 is 0 Å². The fourth-order valence-electron chi connectivity index (χ4n) is 2.06. The molecule has 0 aliphatic heterocycles. The van der Waals surface area contributed by atoms with Crippen LogP contribution in [0.1, 0.15) is 43.6 Å². The second kappa shape index (κ2) is 6.52. The van der Waals surface area contributed by atoms with Crippen molar-refractivity contribution in [3.8, 4) is 5.75 Å². The largest absolute Gasteiger partial charge is 0.497 e. The van der Waals surface area contributed by atoms with Crippen LogP contribution in [0.4, 0.5) is 0 Å². The van der Waals surface area contributed by atoms with Crippen molar-refractivity contribution in [2.45, 2.75) is 32.7 Å². The highest BCUT2D eigenvalue weighted by atomic mass is 16.5. The molecule has 1 unspecified atom stereocenters. The maximum Gasteiger partial charge on any atom is 0.243 e. The summed E-state index contributed by atoms with van der Waals surface area (Å²) in [6, 6.07) is 7.63. The molecule has 1 atom stereocenters. The van der Waals surface area contributed by atoms with Crippen LogP contribution in [0.5, 0.6) is 5.75 Å². The first kappa shape index (κ1) is 14.5. The molecule has 2 rings (SSSR count). The maximum absolute atomic E-state index is 6.03. The number of nitrogens with two attached hydrogens (primary N) is 1. The van der Waals surface area contributed by atoms with Crippen LogP contribution < -0.4 is 10.5 Å². The van der Waals surface area contributed by atoms with Gasteiger partial charge in [-0.1, -0.05) is 31.1 Å². The lowest BCUT2D eigenvalue weighted by Gasteiger charge is -2.08. The highest BCUT2D eigenvalue weighted by Gasteiger charge is 2.16. The molecule has 0 amide bonds. The molecular formula is C15H21N3O2. The summed E-state index contributed by atoms with van der Waals surface area (Å²) in [6.45, 7) is 4.24. The van der Waals surface area contributed by atoms with Crippen molar-refractivity contribution in [2.24, 2.45) is 11.7 Å². The zero-order chi connectivity index (χ0) is 14.5. The van der Waals surface area contributed by atoms with Gasteiger partial charge in [0, 0.05) is 6.42 Å². The normalized spacial score (nSPS) is 12.7. The lowest BCUT2D eigenvalue weighted by molar-refractivity contribution is 0.333. The summed E-state index contributed by atoms with van der Waals surface area (Å²) in [4.78, 5) is 4.37. The van der Waals surface area contributed by atoms with E-state index in [4.69, 9.17) is 15.0 Å². The Kier molecular flexibility index (Phi) is 4.74. The van der Waals surface area contributed by atoms with E-state index in [-0.39, 0.29) is 6.04 Å². The van der Waals surface area contributed by atoms with Gasteiger partial charge in [-0.05, 0) is 30.0 Å². The molecule has 0 aliphatic rings. The second-order valence-corrected chi connectivity index (χ2v) is 5.31. The monoisotopic (exact) mass is 275 g/mol. The topological polar surface area (TPSA) is 74.2 Å². The minimum atomic E-state index is -0.193. The number of methoxy groups -OCH3 is 1. The fourth-order valence-corrected chi connectivity index (χ4v) is 2.06. The first-order chi connectivity index (χ1) is 9.58. The summed E-state index contributed by atoms with van der Waals surface area (Å²) in [5, 5.41) is 3.99. The van der Waals surface area contributed by atoms with Crippen molar-refractivity contribution in [1.82, 2.24) is 10.1 Å². The number of hydrogen-bond acceptors (Lipinski definition) is 5. The van der Waals surface area contributed by atoms with E-state index in [0.29, 0.717) is 24.1 Å². The van der Waals surface area contributed by atoms with Crippen molar-refractivity contribution in [3.63, 3.8) is 0 Å². The Labute approximate surface area is 119 Å². The van der Waals surface area contributed by atoms with Gasteiger partial charge in [0.05, 0.1) is 13.2 Å². The number of benzene rings is 1. The van der Waals surface area contributed by atoms with Gasteiger partial charge in [0.25, 0.3) is 0 Å². The zero-order valence-electron chi connectivity index (χ0n) is 12.2. The van der Waals surface area contributed by atoms with Gasteiger partial charge in [0.1, 0.15) is 5.75 Å². The molecule has 2 N–H and O–H groups in total. The van der Waals surface area contributed by atoms with E-state index in [0.717, 1.165) is 17.7 Å². The fraction of sp³-hybridized carbons (Fsp3) is 0.467. The van der Waals surface area contributed by atoms with Crippen LogP contribution in [0, 0.1) is 5.92 Å². The van der Waals surface area contributed by atoms with Gasteiger partial charge in [-0.25, -0.2) is 0 Å². The summed E-state index contributed by atoms with van der Waals surface area (Å²) < 4.78 is 10.4. The van der Waals surface area contributed by atoms with E-state index in [9.17, 15) is 0 Å². The Morgan fingerprint density at radius 2 is 2.15 bits per heavy atom. The summed E-state index contributed by atoms with van der Waals surface area (Å²) in [7, 11) is 1.65. The van der Waals surface area contributed by atoms with Crippen LogP contribution in [-0.4, -0.2) is 17.3 Å². The van der Waals surface area contributed by atoms with Crippen LogP contribution in [0.3, 0.4) is 0 Å². The summed E-state index contributed by atoms with van der Waals surface area (Å²) in [5.74, 6) is 2.48. The lowest BCUT2D eigenvalue weighted by atomic mass is 10.0. The van der Waals surface area contributed by atoms with Crippen molar-refractivity contribution in [3.05, 3.63) is 41.5 Å². The van der Waals surface area contributed by atoms with E-state index in [1.165, 1.54) is 0 Å². The molecule has 108 valence electrons. The molecule has 0 spiro atoms. The third-order valence-electron chi connectivity index (χ3n) is 3.02. The number of hydrogen-bond donors (Lipinski definition) is 1. The van der Waals surface area contributed by atoms with Gasteiger partial charge in [0.2, 0.25) is 5.89 Å². The summed E-state index contributed by atoms with van der Waals surface area (Å²) >= 11 is 0. The van der Waals surface area contributed by atoms with E-state index in [1.54, 1.807) is 7.11 Å². The Bertz CT molecular complexity index is 552. The molecule has 5 nitrogen and oxygen atoms in total. The molecule has 1 heterocycles. The van der Waals surface area contributed by atoms with Crippen molar-refractivity contribution in [2.75, 3.05) is 7.11 Å². The molecular weight excluding hydrogens is 254 g/mol. The second-order valence-electron chi connectivity index (χ2n) is 5.31. The van der Waals surface area contributed by atoms with Crippen LogP contribution in [-0.2, 0) is 6.42 Å². The summed E-state index contributed by atoms with van der Waals surface area (Å²) in [5.41, 5.74) is 7.11. The molecule has 0 fully saturated rings. The van der Waals surface area contributed by atoms with Gasteiger partial charge in [-0.3, -0.25) is 0 Å². The number of aromatic nitrogens is 2. The SMILES string of the molecule is COc1cccc(Cc2noc(C(N)CC(C)C)n2)c1. The molecule has 0 saturated heterocycles. The zero-order valence-corrected chi connectivity index (χ0v) is 12.2. The quantitative estimate of drug-likeness (QED) is 0.877. The minimum absolute atomic E-state index is 0.193.